The van der Waals surface area contributed by atoms with E-state index in [1.54, 1.807) is 18.0 Å². The number of pyridine rings is 1. The molecule has 92 valence electrons. The second-order valence-corrected chi connectivity index (χ2v) is 3.97. The van der Waals surface area contributed by atoms with E-state index in [4.69, 9.17) is 12.2 Å². The van der Waals surface area contributed by atoms with E-state index in [9.17, 15) is 0 Å². The summed E-state index contributed by atoms with van der Waals surface area (Å²) in [4.78, 5) is 8.22. The molecule has 4 nitrogen and oxygen atoms in total. The lowest BCUT2D eigenvalue weighted by Crippen LogP contribution is -2.23. The molecule has 3 N–H and O–H groups in total. The summed E-state index contributed by atoms with van der Waals surface area (Å²) in [6.07, 6.45) is 6.81. The van der Waals surface area contributed by atoms with E-state index in [2.05, 4.69) is 21.2 Å². The molecule has 0 aromatic carbocycles. The third-order valence-corrected chi connectivity index (χ3v) is 2.47. The summed E-state index contributed by atoms with van der Waals surface area (Å²) in [5.74, 6) is 5.20. The van der Waals surface area contributed by atoms with Gasteiger partial charge in [0.05, 0.1) is 12.3 Å². The van der Waals surface area contributed by atoms with Crippen LogP contribution in [0.25, 0.3) is 0 Å². The molecule has 0 aliphatic heterocycles. The van der Waals surface area contributed by atoms with Gasteiger partial charge in [0.15, 0.2) is 5.96 Å². The Kier molecular flexibility index (Phi) is 9.66. The molecule has 0 saturated heterocycles. The topological polar surface area (TPSA) is 63.3 Å². The zero-order valence-electron chi connectivity index (χ0n) is 9.30. The number of nitrogens with two attached hydrogens (primary N) is 1. The normalized spacial score (nSPS) is 10.2. The second kappa shape index (κ2) is 10.2. The van der Waals surface area contributed by atoms with Gasteiger partial charge in [-0.1, -0.05) is 12.0 Å². The van der Waals surface area contributed by atoms with Crippen molar-refractivity contribution < 1.29 is 0 Å². The van der Waals surface area contributed by atoms with Gasteiger partial charge in [-0.25, -0.2) is 4.98 Å². The van der Waals surface area contributed by atoms with Gasteiger partial charge in [0.1, 0.15) is 5.82 Å². The summed E-state index contributed by atoms with van der Waals surface area (Å²) >= 11 is 1.66. The largest absolute Gasteiger partial charge is 0.370 e. The number of thioether (sulfide) groups is 1. The highest BCUT2D eigenvalue weighted by Crippen LogP contribution is 1.99. The highest BCUT2D eigenvalue weighted by Gasteiger charge is 1.93. The molecule has 0 saturated carbocycles. The summed E-state index contributed by atoms with van der Waals surface area (Å²) in [5.41, 5.74) is 5.67. The number of rotatable bonds is 5. The Balaban J connectivity index is 0.00000256. The lowest BCUT2D eigenvalue weighted by molar-refractivity contribution is 1.13. The first-order chi connectivity index (χ1) is 7.83. The maximum absolute atomic E-state index is 5.67. The number of nitrogens with zero attached hydrogens (tertiary/aromatic N) is 2. The number of hydrogen-bond acceptors (Lipinski definition) is 3. The third kappa shape index (κ3) is 7.88. The van der Waals surface area contributed by atoms with Gasteiger partial charge in [0.2, 0.25) is 0 Å². The number of hydrogen-bond donors (Lipinski definition) is 2. The molecule has 0 spiro atoms. The smallest absolute Gasteiger partial charge is 0.194 e. The number of aliphatic imine (C=N–C) groups is 1. The van der Waals surface area contributed by atoms with Gasteiger partial charge < -0.3 is 11.1 Å². The van der Waals surface area contributed by atoms with Crippen LogP contribution in [0.4, 0.5) is 5.82 Å². The summed E-state index contributed by atoms with van der Waals surface area (Å²) in [5, 5.41) is 2.90. The van der Waals surface area contributed by atoms with E-state index in [-0.39, 0.29) is 24.0 Å². The lowest BCUT2D eigenvalue weighted by atomic mass is 10.5. The Morgan fingerprint density at radius 2 is 2.41 bits per heavy atom. The first-order valence-corrected chi connectivity index (χ1v) is 5.97. The van der Waals surface area contributed by atoms with Gasteiger partial charge in [-0.3, -0.25) is 4.99 Å². The van der Waals surface area contributed by atoms with Crippen LogP contribution in [-0.4, -0.2) is 29.0 Å². The minimum absolute atomic E-state index is 0. The molecule has 0 atom stereocenters. The molecular formula is C11H15IN4S. The zero-order valence-corrected chi connectivity index (χ0v) is 12.4. The monoisotopic (exact) mass is 362 g/mol. The molecule has 1 aromatic rings. The Morgan fingerprint density at radius 1 is 1.59 bits per heavy atom. The van der Waals surface area contributed by atoms with E-state index >= 15 is 0 Å². The van der Waals surface area contributed by atoms with Crippen LogP contribution in [0.2, 0.25) is 0 Å². The fraction of sp³-hybridized carbons (Fsp3) is 0.273. The molecule has 1 aromatic heterocycles. The van der Waals surface area contributed by atoms with Crippen LogP contribution in [0, 0.1) is 12.3 Å². The van der Waals surface area contributed by atoms with Crippen molar-refractivity contribution in [3.8, 4) is 12.3 Å². The molecule has 6 heteroatoms. The van der Waals surface area contributed by atoms with Gasteiger partial charge in [0.25, 0.3) is 0 Å². The van der Waals surface area contributed by atoms with Crippen LogP contribution >= 0.6 is 35.7 Å². The molecule has 0 fully saturated rings. The highest BCUT2D eigenvalue weighted by molar-refractivity contribution is 14.0. The summed E-state index contributed by atoms with van der Waals surface area (Å²) < 4.78 is 0. The maximum atomic E-state index is 5.67. The first kappa shape index (κ1) is 16.1. The van der Waals surface area contributed by atoms with Crippen molar-refractivity contribution in [2.45, 2.75) is 0 Å². The molecule has 0 bridgehead atoms. The van der Waals surface area contributed by atoms with E-state index in [0.717, 1.165) is 5.75 Å². The Labute approximate surface area is 123 Å². The van der Waals surface area contributed by atoms with Crippen LogP contribution in [0.5, 0.6) is 0 Å². The molecule has 0 aliphatic carbocycles. The predicted molar refractivity (Wildman–Crippen MR) is 85.9 cm³/mol. The van der Waals surface area contributed by atoms with Crippen LogP contribution in [-0.2, 0) is 0 Å². The minimum atomic E-state index is 0. The lowest BCUT2D eigenvalue weighted by Gasteiger charge is -2.03. The minimum Gasteiger partial charge on any atom is -0.370 e. The number of guanidine groups is 1. The van der Waals surface area contributed by atoms with Crippen molar-refractivity contribution in [3.63, 3.8) is 0 Å². The Morgan fingerprint density at radius 3 is 3.06 bits per heavy atom. The quantitative estimate of drug-likeness (QED) is 0.276. The van der Waals surface area contributed by atoms with E-state index in [1.165, 1.54) is 0 Å². The summed E-state index contributed by atoms with van der Waals surface area (Å²) in [6.45, 7) is 0.651. The first-order valence-electron chi connectivity index (χ1n) is 4.82. The number of halogens is 1. The number of aromatic nitrogens is 1. The molecule has 0 radical (unpaired) electrons. The molecule has 0 unspecified atom stereocenters. The summed E-state index contributed by atoms with van der Waals surface area (Å²) in [6, 6.07) is 5.55. The highest BCUT2D eigenvalue weighted by atomic mass is 127. The van der Waals surface area contributed by atoms with Crippen LogP contribution in [0.1, 0.15) is 0 Å². The van der Waals surface area contributed by atoms with Crippen LogP contribution in [0.3, 0.4) is 0 Å². The molecule has 0 aliphatic rings. The second-order valence-electron chi connectivity index (χ2n) is 2.86. The van der Waals surface area contributed by atoms with Gasteiger partial charge >= 0.3 is 0 Å². The number of anilines is 1. The molecule has 17 heavy (non-hydrogen) atoms. The average molecular weight is 362 g/mol. The molecular weight excluding hydrogens is 347 g/mol. The molecule has 1 rings (SSSR count). The predicted octanol–water partition coefficient (Wildman–Crippen LogP) is 1.79. The van der Waals surface area contributed by atoms with Crippen molar-refractivity contribution in [2.75, 3.05) is 23.4 Å². The SMILES string of the molecule is C#CCSCCN=C(N)Nc1ccccn1.I. The van der Waals surface area contributed by atoms with Crippen molar-refractivity contribution >= 4 is 47.5 Å². The fourth-order valence-electron chi connectivity index (χ4n) is 0.969. The zero-order chi connectivity index (χ0) is 11.6. The van der Waals surface area contributed by atoms with Gasteiger partial charge in [-0.05, 0) is 12.1 Å². The average Bonchev–Trinajstić information content (AvgIpc) is 2.30. The van der Waals surface area contributed by atoms with E-state index in [0.29, 0.717) is 24.1 Å². The standard InChI is InChI=1S/C11H14N4S.HI/c1-2-8-16-9-7-14-11(12)15-10-5-3-4-6-13-10;/h1,3-6H,7-9H2,(H3,12,13,14,15);1H. The van der Waals surface area contributed by atoms with E-state index < -0.39 is 0 Å². The maximum Gasteiger partial charge on any atom is 0.194 e. The van der Waals surface area contributed by atoms with Crippen molar-refractivity contribution in [3.05, 3.63) is 24.4 Å². The number of terminal acetylenes is 1. The Hall–Kier alpha value is -0.940. The molecule has 0 amide bonds. The van der Waals surface area contributed by atoms with Crippen LogP contribution < -0.4 is 11.1 Å². The fourth-order valence-corrected chi connectivity index (χ4v) is 1.45. The van der Waals surface area contributed by atoms with Gasteiger partial charge in [-0.15, -0.1) is 42.2 Å². The third-order valence-electron chi connectivity index (χ3n) is 1.62. The number of nitrogens with one attached hydrogen (secondary N) is 1. The Bertz CT molecular complexity index is 375. The van der Waals surface area contributed by atoms with Crippen molar-refractivity contribution in [1.82, 2.24) is 4.98 Å². The van der Waals surface area contributed by atoms with E-state index in [1.807, 2.05) is 18.2 Å². The summed E-state index contributed by atoms with van der Waals surface area (Å²) in [7, 11) is 0. The van der Waals surface area contributed by atoms with Crippen LogP contribution in [0.15, 0.2) is 29.4 Å². The van der Waals surface area contributed by atoms with Crippen molar-refractivity contribution in [1.29, 1.82) is 0 Å². The van der Waals surface area contributed by atoms with Gasteiger partial charge in [-0.2, -0.15) is 0 Å². The van der Waals surface area contributed by atoms with Gasteiger partial charge in [0, 0.05) is 11.9 Å². The molecule has 1 heterocycles. The van der Waals surface area contributed by atoms with Crippen molar-refractivity contribution in [2.24, 2.45) is 10.7 Å².